The van der Waals surface area contributed by atoms with Crippen molar-refractivity contribution >= 4 is 15.9 Å². The molecule has 3 N–H and O–H groups in total. The normalized spacial score (nSPS) is 37.5. The van der Waals surface area contributed by atoms with Crippen LogP contribution in [0.25, 0.3) is 0 Å². The Hall–Kier alpha value is -0.660. The van der Waals surface area contributed by atoms with Gasteiger partial charge in [-0.1, -0.05) is 6.92 Å². The molecule has 2 fully saturated rings. The summed E-state index contributed by atoms with van der Waals surface area (Å²) >= 11 is 0. The van der Waals surface area contributed by atoms with Crippen LogP contribution in [-0.4, -0.2) is 37.1 Å². The van der Waals surface area contributed by atoms with E-state index in [0.717, 1.165) is 19.3 Å². The molecular weight excluding hydrogens is 254 g/mol. The van der Waals surface area contributed by atoms with E-state index in [4.69, 9.17) is 5.84 Å². The zero-order valence-corrected chi connectivity index (χ0v) is 11.7. The number of hydrogen-bond donors (Lipinski definition) is 2. The second kappa shape index (κ2) is 4.47. The van der Waals surface area contributed by atoms with Gasteiger partial charge in [-0.05, 0) is 32.1 Å². The Morgan fingerprint density at radius 1 is 1.39 bits per heavy atom. The number of nitrogens with one attached hydrogen (secondary N) is 1. The predicted octanol–water partition coefficient (Wildman–Crippen LogP) is -0.0409. The van der Waals surface area contributed by atoms with E-state index >= 15 is 0 Å². The van der Waals surface area contributed by atoms with Gasteiger partial charge < -0.3 is 4.90 Å². The van der Waals surface area contributed by atoms with E-state index in [0.29, 0.717) is 12.8 Å². The van der Waals surface area contributed by atoms with Crippen molar-refractivity contribution in [1.82, 2.24) is 9.73 Å². The molecule has 18 heavy (non-hydrogen) atoms. The summed E-state index contributed by atoms with van der Waals surface area (Å²) in [6, 6.07) is 0. The molecule has 1 aliphatic heterocycles. The molecule has 1 atom stereocenters. The Bertz CT molecular complexity index is 440. The molecule has 2 rings (SSSR count). The first-order chi connectivity index (χ1) is 8.32. The number of likely N-dealkylation sites (tertiary alicyclic amines) is 1. The summed E-state index contributed by atoms with van der Waals surface area (Å²) in [5.41, 5.74) is -0.128. The van der Waals surface area contributed by atoms with E-state index in [1.165, 1.54) is 0 Å². The van der Waals surface area contributed by atoms with Gasteiger partial charge in [-0.15, -0.1) is 0 Å². The van der Waals surface area contributed by atoms with Crippen molar-refractivity contribution in [2.75, 3.05) is 7.05 Å². The van der Waals surface area contributed by atoms with E-state index in [2.05, 4.69) is 0 Å². The number of hydrogen-bond acceptors (Lipinski definition) is 4. The molecule has 0 aromatic rings. The van der Waals surface area contributed by atoms with Gasteiger partial charge in [0.05, 0.1) is 5.25 Å². The minimum absolute atomic E-state index is 0.0517. The van der Waals surface area contributed by atoms with Gasteiger partial charge >= 0.3 is 0 Å². The molecule has 2 aliphatic rings. The van der Waals surface area contributed by atoms with Gasteiger partial charge in [0.1, 0.15) is 0 Å². The maximum absolute atomic E-state index is 11.9. The van der Waals surface area contributed by atoms with Gasteiger partial charge in [0.25, 0.3) is 0 Å². The number of nitrogens with two attached hydrogens (primary N) is 1. The largest absolute Gasteiger partial charge is 0.340 e. The number of nitrogens with zero attached hydrogens (tertiary/aromatic N) is 1. The average molecular weight is 275 g/mol. The lowest BCUT2D eigenvalue weighted by Crippen LogP contribution is -2.49. The summed E-state index contributed by atoms with van der Waals surface area (Å²) in [5.74, 6) is 5.28. The standard InChI is InChI=1S/C11H21N3O3S/c1-8-7-11(14(2)10(8)15)5-3-9(4-6-11)18(16,17)13-12/h8-9,13H,3-7,12H2,1-2H3. The first-order valence-corrected chi connectivity index (χ1v) is 7.86. The molecule has 1 amide bonds. The molecule has 1 aliphatic carbocycles. The van der Waals surface area contributed by atoms with Crippen LogP contribution in [0.5, 0.6) is 0 Å². The third-order valence-electron chi connectivity index (χ3n) is 4.62. The molecule has 104 valence electrons. The van der Waals surface area contributed by atoms with E-state index < -0.39 is 15.3 Å². The van der Waals surface area contributed by atoms with Crippen LogP contribution >= 0.6 is 0 Å². The summed E-state index contributed by atoms with van der Waals surface area (Å²) in [6.45, 7) is 1.94. The van der Waals surface area contributed by atoms with Crippen LogP contribution in [0.2, 0.25) is 0 Å². The van der Waals surface area contributed by atoms with Crippen molar-refractivity contribution in [2.24, 2.45) is 11.8 Å². The van der Waals surface area contributed by atoms with E-state index in [-0.39, 0.29) is 17.4 Å². The molecule has 1 saturated carbocycles. The fraction of sp³-hybridized carbons (Fsp3) is 0.909. The van der Waals surface area contributed by atoms with Crippen LogP contribution in [-0.2, 0) is 14.8 Å². The van der Waals surface area contributed by atoms with Gasteiger partial charge in [0.2, 0.25) is 15.9 Å². The maximum Gasteiger partial charge on any atom is 0.226 e. The van der Waals surface area contributed by atoms with Crippen molar-refractivity contribution < 1.29 is 13.2 Å². The van der Waals surface area contributed by atoms with Crippen molar-refractivity contribution in [2.45, 2.75) is 49.8 Å². The van der Waals surface area contributed by atoms with Gasteiger partial charge in [0.15, 0.2) is 0 Å². The van der Waals surface area contributed by atoms with Crippen molar-refractivity contribution in [3.8, 4) is 0 Å². The number of carbonyl (C=O) groups is 1. The van der Waals surface area contributed by atoms with Crippen LogP contribution < -0.4 is 10.7 Å². The molecule has 0 aromatic heterocycles. The van der Waals surface area contributed by atoms with Crippen LogP contribution in [0.1, 0.15) is 39.0 Å². The fourth-order valence-corrected chi connectivity index (χ4v) is 4.48. The SMILES string of the molecule is CC1CC2(CCC(S(=O)(=O)NN)CC2)N(C)C1=O. The highest BCUT2D eigenvalue weighted by Crippen LogP contribution is 2.44. The quantitative estimate of drug-likeness (QED) is 0.546. The smallest absolute Gasteiger partial charge is 0.226 e. The minimum atomic E-state index is -3.39. The third kappa shape index (κ3) is 2.04. The second-order valence-corrected chi connectivity index (χ2v) is 7.58. The minimum Gasteiger partial charge on any atom is -0.340 e. The third-order valence-corrected chi connectivity index (χ3v) is 6.29. The van der Waals surface area contributed by atoms with Gasteiger partial charge in [0, 0.05) is 18.5 Å². The zero-order chi connectivity index (χ0) is 13.6. The fourth-order valence-electron chi connectivity index (χ4n) is 3.43. The van der Waals surface area contributed by atoms with Crippen molar-refractivity contribution in [1.29, 1.82) is 0 Å². The highest BCUT2D eigenvalue weighted by molar-refractivity contribution is 7.90. The lowest BCUT2D eigenvalue weighted by molar-refractivity contribution is -0.132. The molecule has 0 radical (unpaired) electrons. The highest BCUT2D eigenvalue weighted by Gasteiger charge is 2.49. The Morgan fingerprint density at radius 2 is 1.94 bits per heavy atom. The lowest BCUT2D eigenvalue weighted by atomic mass is 9.78. The van der Waals surface area contributed by atoms with Gasteiger partial charge in [-0.3, -0.25) is 10.6 Å². The summed E-state index contributed by atoms with van der Waals surface area (Å²) in [6.07, 6.45) is 3.45. The first kappa shape index (κ1) is 13.8. The lowest BCUT2D eigenvalue weighted by Gasteiger charge is -2.41. The molecule has 6 nitrogen and oxygen atoms in total. The van der Waals surface area contributed by atoms with E-state index in [1.807, 2.05) is 23.7 Å². The molecular formula is C11H21N3O3S. The topological polar surface area (TPSA) is 92.5 Å². The average Bonchev–Trinajstić information content (AvgIpc) is 2.55. The van der Waals surface area contributed by atoms with Gasteiger partial charge in [-0.2, -0.15) is 4.83 Å². The van der Waals surface area contributed by atoms with E-state index in [9.17, 15) is 13.2 Å². The molecule has 1 spiro atoms. The maximum atomic E-state index is 11.9. The molecule has 0 bridgehead atoms. The summed E-state index contributed by atoms with van der Waals surface area (Å²) < 4.78 is 23.3. The predicted molar refractivity (Wildman–Crippen MR) is 67.8 cm³/mol. The van der Waals surface area contributed by atoms with Crippen molar-refractivity contribution in [3.05, 3.63) is 0 Å². The van der Waals surface area contributed by atoms with Crippen molar-refractivity contribution in [3.63, 3.8) is 0 Å². The molecule has 1 saturated heterocycles. The van der Waals surface area contributed by atoms with E-state index in [1.54, 1.807) is 0 Å². The van der Waals surface area contributed by atoms with Crippen LogP contribution in [0, 0.1) is 5.92 Å². The summed E-state index contributed by atoms with van der Waals surface area (Å²) in [7, 11) is -1.55. The second-order valence-electron chi connectivity index (χ2n) is 5.59. The van der Waals surface area contributed by atoms with Gasteiger partial charge in [-0.25, -0.2) is 8.42 Å². The molecule has 7 heteroatoms. The number of rotatable bonds is 2. The number of sulfonamides is 1. The monoisotopic (exact) mass is 275 g/mol. The molecule has 1 unspecified atom stereocenters. The number of carbonyl (C=O) groups excluding carboxylic acids is 1. The molecule has 0 aromatic carbocycles. The van der Waals surface area contributed by atoms with Crippen LogP contribution in [0.3, 0.4) is 0 Å². The first-order valence-electron chi connectivity index (χ1n) is 6.31. The molecule has 1 heterocycles. The summed E-state index contributed by atoms with van der Waals surface area (Å²) in [5, 5.41) is -0.424. The Labute approximate surface area is 108 Å². The number of hydrazine groups is 1. The van der Waals surface area contributed by atoms with Crippen LogP contribution in [0.15, 0.2) is 0 Å². The highest BCUT2D eigenvalue weighted by atomic mass is 32.2. The number of amides is 1. The Kier molecular flexibility index (Phi) is 3.42. The summed E-state index contributed by atoms with van der Waals surface area (Å²) in [4.78, 5) is 15.6. The Morgan fingerprint density at radius 3 is 2.33 bits per heavy atom. The van der Waals surface area contributed by atoms with Crippen LogP contribution in [0.4, 0.5) is 0 Å². The Balaban J connectivity index is 2.09. The zero-order valence-electron chi connectivity index (χ0n) is 10.8.